The van der Waals surface area contributed by atoms with Crippen molar-refractivity contribution in [1.82, 2.24) is 9.88 Å². The fraction of sp³-hybridized carbons (Fsp3) is 0.667. The third-order valence-corrected chi connectivity index (χ3v) is 4.12. The second kappa shape index (κ2) is 5.77. The Labute approximate surface area is 110 Å². The van der Waals surface area contributed by atoms with Crippen LogP contribution in [-0.4, -0.2) is 47.7 Å². The summed E-state index contributed by atoms with van der Waals surface area (Å²) in [4.78, 5) is 18.2. The molecule has 1 aromatic heterocycles. The van der Waals surface area contributed by atoms with Gasteiger partial charge in [-0.15, -0.1) is 11.3 Å². The third kappa shape index (κ3) is 2.88. The van der Waals surface area contributed by atoms with Gasteiger partial charge in [-0.1, -0.05) is 13.3 Å². The molecule has 0 radical (unpaired) electrons. The van der Waals surface area contributed by atoms with Crippen LogP contribution in [0, 0.1) is 0 Å². The lowest BCUT2D eigenvalue weighted by atomic mass is 10.2. The maximum Gasteiger partial charge on any atom is 0.347 e. The van der Waals surface area contributed by atoms with Gasteiger partial charge in [0, 0.05) is 13.1 Å². The monoisotopic (exact) mass is 270 g/mol. The van der Waals surface area contributed by atoms with E-state index in [1.54, 1.807) is 0 Å². The van der Waals surface area contributed by atoms with Crippen molar-refractivity contribution in [3.63, 3.8) is 0 Å². The number of ether oxygens (including phenoxy) is 1. The number of aromatic nitrogens is 1. The van der Waals surface area contributed by atoms with E-state index in [1.807, 2.05) is 14.0 Å². The molecule has 1 unspecified atom stereocenters. The first-order chi connectivity index (χ1) is 8.61. The van der Waals surface area contributed by atoms with Crippen LogP contribution in [0.4, 0.5) is 0 Å². The molecule has 0 bridgehead atoms. The Balaban J connectivity index is 2.22. The van der Waals surface area contributed by atoms with Crippen molar-refractivity contribution < 1.29 is 14.6 Å². The third-order valence-electron chi connectivity index (χ3n) is 2.94. The Bertz CT molecular complexity index is 433. The molecule has 1 aliphatic heterocycles. The van der Waals surface area contributed by atoms with Gasteiger partial charge in [-0.25, -0.2) is 9.78 Å². The highest BCUT2D eigenvalue weighted by atomic mass is 32.1. The zero-order valence-electron chi connectivity index (χ0n) is 10.7. The van der Waals surface area contributed by atoms with Crippen LogP contribution in [0.15, 0.2) is 0 Å². The van der Waals surface area contributed by atoms with Gasteiger partial charge in [0.1, 0.15) is 16.0 Å². The molecule has 18 heavy (non-hydrogen) atoms. The van der Waals surface area contributed by atoms with Crippen LogP contribution in [0.3, 0.4) is 0 Å². The second-order valence-electron chi connectivity index (χ2n) is 4.50. The quantitative estimate of drug-likeness (QED) is 0.904. The van der Waals surface area contributed by atoms with E-state index in [-0.39, 0.29) is 6.10 Å². The zero-order chi connectivity index (χ0) is 13.1. The van der Waals surface area contributed by atoms with Gasteiger partial charge in [0.2, 0.25) is 0 Å². The summed E-state index contributed by atoms with van der Waals surface area (Å²) in [7, 11) is 2.04. The van der Waals surface area contributed by atoms with E-state index in [2.05, 4.69) is 9.88 Å². The van der Waals surface area contributed by atoms with Crippen LogP contribution in [0.1, 0.15) is 39.8 Å². The van der Waals surface area contributed by atoms with E-state index in [1.165, 1.54) is 11.3 Å². The molecule has 1 aromatic rings. The second-order valence-corrected chi connectivity index (χ2v) is 5.54. The van der Waals surface area contributed by atoms with Crippen LogP contribution in [0.2, 0.25) is 0 Å². The SMILES string of the molecule is CCCc1nc(C2CN(C)CCO2)sc1C(=O)O. The Kier molecular flexibility index (Phi) is 4.31. The minimum absolute atomic E-state index is 0.0857. The molecule has 1 atom stereocenters. The van der Waals surface area contributed by atoms with Crippen molar-refractivity contribution in [1.29, 1.82) is 0 Å². The number of aromatic carboxylic acids is 1. The first kappa shape index (κ1) is 13.5. The summed E-state index contributed by atoms with van der Waals surface area (Å²) in [5, 5.41) is 9.97. The first-order valence-electron chi connectivity index (χ1n) is 6.14. The number of aryl methyl sites for hydroxylation is 1. The molecule has 2 heterocycles. The highest BCUT2D eigenvalue weighted by molar-refractivity contribution is 7.13. The summed E-state index contributed by atoms with van der Waals surface area (Å²) in [5.74, 6) is -0.883. The van der Waals surface area contributed by atoms with Crippen LogP contribution in [0.25, 0.3) is 0 Å². The summed E-state index contributed by atoms with van der Waals surface area (Å²) in [6, 6.07) is 0. The van der Waals surface area contributed by atoms with Crippen LogP contribution in [0.5, 0.6) is 0 Å². The number of nitrogens with zero attached hydrogens (tertiary/aromatic N) is 2. The molecule has 2 rings (SSSR count). The highest BCUT2D eigenvalue weighted by Gasteiger charge is 2.26. The average Bonchev–Trinajstić information content (AvgIpc) is 2.74. The summed E-state index contributed by atoms with van der Waals surface area (Å²) >= 11 is 1.25. The maximum absolute atomic E-state index is 11.2. The van der Waals surface area contributed by atoms with Crippen molar-refractivity contribution in [2.75, 3.05) is 26.7 Å². The molecule has 1 fully saturated rings. The number of likely N-dealkylation sites (N-methyl/N-ethyl adjacent to an activating group) is 1. The number of carboxylic acid groups (broad SMARTS) is 1. The molecule has 1 saturated heterocycles. The summed E-state index contributed by atoms with van der Waals surface area (Å²) in [6.45, 7) is 4.38. The largest absolute Gasteiger partial charge is 0.477 e. The Morgan fingerprint density at radius 2 is 2.44 bits per heavy atom. The fourth-order valence-electron chi connectivity index (χ4n) is 2.01. The average molecular weight is 270 g/mol. The Morgan fingerprint density at radius 1 is 1.67 bits per heavy atom. The van der Waals surface area contributed by atoms with Gasteiger partial charge in [-0.05, 0) is 13.5 Å². The molecular weight excluding hydrogens is 252 g/mol. The molecule has 6 heteroatoms. The molecular formula is C12H18N2O3S. The van der Waals surface area contributed by atoms with Crippen molar-refractivity contribution in [3.05, 3.63) is 15.6 Å². The van der Waals surface area contributed by atoms with Crippen LogP contribution < -0.4 is 0 Å². The van der Waals surface area contributed by atoms with Crippen molar-refractivity contribution in [2.24, 2.45) is 0 Å². The number of hydrogen-bond acceptors (Lipinski definition) is 5. The highest BCUT2D eigenvalue weighted by Crippen LogP contribution is 2.29. The number of thiazole rings is 1. The molecule has 1 aliphatic rings. The topological polar surface area (TPSA) is 62.7 Å². The van der Waals surface area contributed by atoms with E-state index in [4.69, 9.17) is 4.74 Å². The Hall–Kier alpha value is -0.980. The van der Waals surface area contributed by atoms with E-state index >= 15 is 0 Å². The lowest BCUT2D eigenvalue weighted by Gasteiger charge is -2.28. The predicted molar refractivity (Wildman–Crippen MR) is 69.3 cm³/mol. The van der Waals surface area contributed by atoms with Crippen molar-refractivity contribution in [2.45, 2.75) is 25.9 Å². The van der Waals surface area contributed by atoms with Crippen molar-refractivity contribution in [3.8, 4) is 0 Å². The minimum Gasteiger partial charge on any atom is -0.477 e. The molecule has 100 valence electrons. The molecule has 0 aliphatic carbocycles. The molecule has 1 N–H and O–H groups in total. The molecule has 0 saturated carbocycles. The Morgan fingerprint density at radius 3 is 3.06 bits per heavy atom. The predicted octanol–water partition coefficient (Wildman–Crippen LogP) is 1.80. The van der Waals surface area contributed by atoms with Gasteiger partial charge in [0.15, 0.2) is 0 Å². The van der Waals surface area contributed by atoms with Crippen LogP contribution in [-0.2, 0) is 11.2 Å². The number of morpholine rings is 1. The number of carboxylic acids is 1. The van der Waals surface area contributed by atoms with Gasteiger partial charge in [0.05, 0.1) is 12.3 Å². The van der Waals surface area contributed by atoms with Gasteiger partial charge >= 0.3 is 5.97 Å². The number of hydrogen-bond donors (Lipinski definition) is 1. The molecule has 0 amide bonds. The van der Waals surface area contributed by atoms with Gasteiger partial charge in [-0.3, -0.25) is 0 Å². The maximum atomic E-state index is 11.2. The van der Waals surface area contributed by atoms with E-state index in [0.717, 1.165) is 24.5 Å². The summed E-state index contributed by atoms with van der Waals surface area (Å²) in [5.41, 5.74) is 0.696. The smallest absolute Gasteiger partial charge is 0.347 e. The summed E-state index contributed by atoms with van der Waals surface area (Å²) < 4.78 is 5.67. The molecule has 5 nitrogen and oxygen atoms in total. The number of rotatable bonds is 4. The zero-order valence-corrected chi connectivity index (χ0v) is 11.5. The van der Waals surface area contributed by atoms with Gasteiger partial charge in [0.25, 0.3) is 0 Å². The first-order valence-corrected chi connectivity index (χ1v) is 6.96. The normalized spacial score (nSPS) is 21.1. The standard InChI is InChI=1S/C12H18N2O3S/c1-3-4-8-10(12(15)16)18-11(13-8)9-7-14(2)5-6-17-9/h9H,3-7H2,1-2H3,(H,15,16). The lowest BCUT2D eigenvalue weighted by Crippen LogP contribution is -2.35. The van der Waals surface area contributed by atoms with E-state index in [9.17, 15) is 9.90 Å². The van der Waals surface area contributed by atoms with Crippen LogP contribution >= 0.6 is 11.3 Å². The van der Waals surface area contributed by atoms with Crippen molar-refractivity contribution >= 4 is 17.3 Å². The number of carbonyl (C=O) groups is 1. The molecule has 0 spiro atoms. The van der Waals surface area contributed by atoms with Gasteiger partial charge < -0.3 is 14.7 Å². The summed E-state index contributed by atoms with van der Waals surface area (Å²) in [6.07, 6.45) is 1.52. The lowest BCUT2D eigenvalue weighted by molar-refractivity contribution is -0.0210. The van der Waals surface area contributed by atoms with Gasteiger partial charge in [-0.2, -0.15) is 0 Å². The molecule has 0 aromatic carbocycles. The fourth-order valence-corrected chi connectivity index (χ4v) is 3.00. The van der Waals surface area contributed by atoms with E-state index in [0.29, 0.717) is 23.6 Å². The van der Waals surface area contributed by atoms with E-state index < -0.39 is 5.97 Å². The minimum atomic E-state index is -0.883.